The summed E-state index contributed by atoms with van der Waals surface area (Å²) in [5.41, 5.74) is 2.04. The summed E-state index contributed by atoms with van der Waals surface area (Å²) < 4.78 is 5.77. The fourth-order valence-corrected chi connectivity index (χ4v) is 2.86. The summed E-state index contributed by atoms with van der Waals surface area (Å²) in [5.74, 6) is 1.63. The van der Waals surface area contributed by atoms with Crippen molar-refractivity contribution in [2.45, 2.75) is 6.10 Å². The molecule has 0 bridgehead atoms. The van der Waals surface area contributed by atoms with E-state index >= 15 is 0 Å². The second-order valence-electron chi connectivity index (χ2n) is 5.91. The highest BCUT2D eigenvalue weighted by atomic mass is 35.5. The zero-order valence-corrected chi connectivity index (χ0v) is 15.1. The van der Waals surface area contributed by atoms with Gasteiger partial charge in [0.05, 0.1) is 12.7 Å². The smallest absolute Gasteiger partial charge is 0.229 e. The van der Waals surface area contributed by atoms with Crippen molar-refractivity contribution in [1.29, 1.82) is 0 Å². The van der Waals surface area contributed by atoms with Gasteiger partial charge in [-0.3, -0.25) is 0 Å². The molecule has 1 fully saturated rings. The van der Waals surface area contributed by atoms with E-state index in [4.69, 9.17) is 16.3 Å². The van der Waals surface area contributed by atoms with Crippen LogP contribution in [-0.2, 0) is 4.74 Å². The number of rotatable bonds is 5. The minimum Gasteiger partial charge on any atom is -0.371 e. The molecule has 27 heavy (non-hydrogen) atoms. The van der Waals surface area contributed by atoms with Crippen LogP contribution in [0.1, 0.15) is 11.7 Å². The minimum absolute atomic E-state index is 0.0938. The molecule has 8 nitrogen and oxygen atoms in total. The number of nitrogens with one attached hydrogen (secondary N) is 3. The fourth-order valence-electron chi connectivity index (χ4n) is 2.71. The molecule has 9 heteroatoms. The zero-order chi connectivity index (χ0) is 18.5. The maximum atomic E-state index is 5.80. The van der Waals surface area contributed by atoms with Gasteiger partial charge in [0.15, 0.2) is 0 Å². The fraction of sp³-hybridized carbons (Fsp3) is 0.222. The molecular formula is C18H18ClN7O. The molecule has 2 aromatic heterocycles. The van der Waals surface area contributed by atoms with Crippen LogP contribution in [-0.4, -0.2) is 39.6 Å². The van der Waals surface area contributed by atoms with E-state index in [-0.39, 0.29) is 11.4 Å². The monoisotopic (exact) mass is 383 g/mol. The van der Waals surface area contributed by atoms with E-state index in [9.17, 15) is 0 Å². The van der Waals surface area contributed by atoms with Gasteiger partial charge in [-0.1, -0.05) is 12.1 Å². The van der Waals surface area contributed by atoms with Crippen molar-refractivity contribution in [2.24, 2.45) is 0 Å². The van der Waals surface area contributed by atoms with Gasteiger partial charge >= 0.3 is 0 Å². The van der Waals surface area contributed by atoms with Crippen LogP contribution < -0.4 is 16.0 Å². The SMILES string of the molecule is Clc1nccc(Nc2ccnc(Nc3ccc(C4CNCCO4)cc3)n2)n1. The molecule has 1 unspecified atom stereocenters. The first-order chi connectivity index (χ1) is 13.3. The van der Waals surface area contributed by atoms with E-state index < -0.39 is 0 Å². The molecule has 1 aromatic carbocycles. The van der Waals surface area contributed by atoms with Crippen molar-refractivity contribution in [2.75, 3.05) is 30.3 Å². The molecule has 1 aliphatic rings. The van der Waals surface area contributed by atoms with Crippen LogP contribution in [0, 0.1) is 0 Å². The van der Waals surface area contributed by atoms with E-state index in [0.29, 0.717) is 17.6 Å². The third-order valence-corrected chi connectivity index (χ3v) is 4.19. The Morgan fingerprint density at radius 2 is 1.74 bits per heavy atom. The Labute approximate surface area is 161 Å². The lowest BCUT2D eigenvalue weighted by molar-refractivity contribution is 0.0277. The van der Waals surface area contributed by atoms with Crippen LogP contribution in [0.25, 0.3) is 0 Å². The molecule has 4 rings (SSSR count). The number of morpholine rings is 1. The summed E-state index contributed by atoms with van der Waals surface area (Å²) in [7, 11) is 0. The molecule has 0 saturated carbocycles. The first kappa shape index (κ1) is 17.6. The van der Waals surface area contributed by atoms with Crippen molar-refractivity contribution in [3.8, 4) is 0 Å². The lowest BCUT2D eigenvalue weighted by atomic mass is 10.1. The molecular weight excluding hydrogens is 366 g/mol. The third-order valence-electron chi connectivity index (χ3n) is 4.00. The summed E-state index contributed by atoms with van der Waals surface area (Å²) in [4.78, 5) is 16.6. The van der Waals surface area contributed by atoms with E-state index in [2.05, 4.69) is 35.9 Å². The van der Waals surface area contributed by atoms with Crippen molar-refractivity contribution < 1.29 is 4.74 Å². The topological polar surface area (TPSA) is 96.9 Å². The zero-order valence-electron chi connectivity index (χ0n) is 14.4. The first-order valence-electron chi connectivity index (χ1n) is 8.54. The summed E-state index contributed by atoms with van der Waals surface area (Å²) in [6.07, 6.45) is 3.33. The average molecular weight is 384 g/mol. The molecule has 3 heterocycles. The number of halogens is 1. The Kier molecular flexibility index (Phi) is 5.38. The van der Waals surface area contributed by atoms with Gasteiger partial charge in [0.25, 0.3) is 0 Å². The van der Waals surface area contributed by atoms with Crippen molar-refractivity contribution in [1.82, 2.24) is 25.3 Å². The number of aromatic nitrogens is 4. The Bertz CT molecular complexity index is 900. The highest BCUT2D eigenvalue weighted by Crippen LogP contribution is 2.22. The average Bonchev–Trinajstić information content (AvgIpc) is 2.70. The standard InChI is InChI=1S/C18H18ClN7O/c19-17-21-7-5-15(25-17)24-16-6-8-22-18(26-16)23-13-3-1-12(2-4-13)14-11-20-9-10-27-14/h1-8,14,20H,9-11H2,(H2,21,22,23,24,25,26). The third kappa shape index (κ3) is 4.68. The summed E-state index contributed by atoms with van der Waals surface area (Å²) >= 11 is 5.80. The molecule has 3 aromatic rings. The molecule has 1 atom stereocenters. The van der Waals surface area contributed by atoms with Gasteiger partial charge in [-0.25, -0.2) is 15.0 Å². The van der Waals surface area contributed by atoms with Crippen LogP contribution in [0.2, 0.25) is 5.28 Å². The molecule has 1 aliphatic heterocycles. The van der Waals surface area contributed by atoms with Crippen molar-refractivity contribution in [3.05, 3.63) is 59.6 Å². The summed E-state index contributed by atoms with van der Waals surface area (Å²) in [6, 6.07) is 11.5. The number of benzene rings is 1. The number of nitrogens with zero attached hydrogens (tertiary/aromatic N) is 4. The van der Waals surface area contributed by atoms with Gasteiger partial charge in [0.2, 0.25) is 11.2 Å². The first-order valence-corrected chi connectivity index (χ1v) is 8.92. The molecule has 0 amide bonds. The van der Waals surface area contributed by atoms with Crippen molar-refractivity contribution >= 4 is 34.9 Å². The Morgan fingerprint density at radius 1 is 0.963 bits per heavy atom. The molecule has 0 spiro atoms. The highest BCUT2D eigenvalue weighted by Gasteiger charge is 2.15. The number of anilines is 4. The van der Waals surface area contributed by atoms with Gasteiger partial charge < -0.3 is 20.7 Å². The van der Waals surface area contributed by atoms with Crippen molar-refractivity contribution in [3.63, 3.8) is 0 Å². The van der Waals surface area contributed by atoms with E-state index in [1.54, 1.807) is 24.5 Å². The van der Waals surface area contributed by atoms with E-state index in [1.807, 2.05) is 24.3 Å². The van der Waals surface area contributed by atoms with Gasteiger partial charge in [0, 0.05) is 31.2 Å². The predicted octanol–water partition coefficient (Wildman–Crippen LogP) is 3.07. The van der Waals surface area contributed by atoms with Gasteiger partial charge in [-0.2, -0.15) is 4.98 Å². The Morgan fingerprint density at radius 3 is 2.48 bits per heavy atom. The van der Waals surface area contributed by atoms with Crippen LogP contribution in [0.4, 0.5) is 23.3 Å². The molecule has 0 aliphatic carbocycles. The Hall–Kier alpha value is -2.81. The quantitative estimate of drug-likeness (QED) is 0.578. The number of hydrogen-bond acceptors (Lipinski definition) is 8. The lowest BCUT2D eigenvalue weighted by Gasteiger charge is -2.24. The summed E-state index contributed by atoms with van der Waals surface area (Å²) in [5, 5.41) is 9.77. The van der Waals surface area contributed by atoms with Crippen LogP contribution in [0.15, 0.2) is 48.8 Å². The van der Waals surface area contributed by atoms with Crippen LogP contribution in [0.3, 0.4) is 0 Å². The number of hydrogen-bond donors (Lipinski definition) is 3. The largest absolute Gasteiger partial charge is 0.371 e. The maximum Gasteiger partial charge on any atom is 0.229 e. The lowest BCUT2D eigenvalue weighted by Crippen LogP contribution is -2.33. The second kappa shape index (κ2) is 8.26. The molecule has 1 saturated heterocycles. The molecule has 0 radical (unpaired) electrons. The van der Waals surface area contributed by atoms with E-state index in [1.165, 1.54) is 0 Å². The van der Waals surface area contributed by atoms with Gasteiger partial charge in [-0.05, 0) is 41.4 Å². The Balaban J connectivity index is 1.43. The van der Waals surface area contributed by atoms with Gasteiger partial charge in [0.1, 0.15) is 11.6 Å². The highest BCUT2D eigenvalue weighted by molar-refractivity contribution is 6.28. The molecule has 138 valence electrons. The van der Waals surface area contributed by atoms with E-state index in [0.717, 1.165) is 30.9 Å². The molecule has 3 N–H and O–H groups in total. The second-order valence-corrected chi connectivity index (χ2v) is 6.25. The van der Waals surface area contributed by atoms with Gasteiger partial charge in [-0.15, -0.1) is 0 Å². The normalized spacial score (nSPS) is 16.7. The summed E-state index contributed by atoms with van der Waals surface area (Å²) in [6.45, 7) is 2.46. The van der Waals surface area contributed by atoms with Crippen LogP contribution in [0.5, 0.6) is 0 Å². The van der Waals surface area contributed by atoms with Crippen LogP contribution >= 0.6 is 11.6 Å². The number of ether oxygens (including phenoxy) is 1. The predicted molar refractivity (Wildman–Crippen MR) is 104 cm³/mol. The minimum atomic E-state index is 0.0938. The maximum absolute atomic E-state index is 5.80.